The number of aliphatic hydroxyl groups excluding tert-OH is 1. The Hall–Kier alpha value is -1.19. The van der Waals surface area contributed by atoms with Gasteiger partial charge in [0, 0.05) is 32.0 Å². The minimum absolute atomic E-state index is 0.0523. The number of carbonyl (C=O) groups is 2. The minimum atomic E-state index is -3.25. The third-order valence-corrected chi connectivity index (χ3v) is 4.63. The number of nitrogens with zero attached hydrogens (tertiary/aromatic N) is 1. The first-order valence-electron chi connectivity index (χ1n) is 6.35. The molecule has 0 spiro atoms. The first kappa shape index (κ1) is 16.9. The Balaban J connectivity index is 2.52. The van der Waals surface area contributed by atoms with Crippen molar-refractivity contribution in [1.82, 2.24) is 9.62 Å². The predicted octanol–water partition coefficient (Wildman–Crippen LogP) is -1.39. The van der Waals surface area contributed by atoms with E-state index in [4.69, 9.17) is 10.2 Å². The van der Waals surface area contributed by atoms with Crippen molar-refractivity contribution in [3.05, 3.63) is 0 Å². The Bertz CT molecular complexity index is 456. The van der Waals surface area contributed by atoms with E-state index < -0.39 is 33.9 Å². The number of carbonyl (C=O) groups excluding carboxylic acids is 1. The first-order valence-corrected chi connectivity index (χ1v) is 8.19. The van der Waals surface area contributed by atoms with E-state index in [-0.39, 0.29) is 26.1 Å². The van der Waals surface area contributed by atoms with Crippen LogP contribution in [0.1, 0.15) is 19.3 Å². The van der Waals surface area contributed by atoms with Crippen molar-refractivity contribution < 1.29 is 28.2 Å². The van der Waals surface area contributed by atoms with Crippen molar-refractivity contribution in [3.8, 4) is 0 Å². The lowest BCUT2D eigenvalue weighted by Gasteiger charge is -2.30. The molecule has 116 valence electrons. The maximum absolute atomic E-state index is 11.9. The number of piperidine rings is 1. The van der Waals surface area contributed by atoms with Gasteiger partial charge >= 0.3 is 5.97 Å². The van der Waals surface area contributed by atoms with Crippen molar-refractivity contribution in [3.63, 3.8) is 0 Å². The van der Waals surface area contributed by atoms with Gasteiger partial charge in [0.2, 0.25) is 15.9 Å². The largest absolute Gasteiger partial charge is 0.480 e. The van der Waals surface area contributed by atoms with Crippen molar-refractivity contribution in [2.24, 2.45) is 5.92 Å². The van der Waals surface area contributed by atoms with Crippen LogP contribution in [-0.4, -0.2) is 66.8 Å². The van der Waals surface area contributed by atoms with Gasteiger partial charge in [0.15, 0.2) is 0 Å². The van der Waals surface area contributed by atoms with Gasteiger partial charge in [-0.2, -0.15) is 0 Å². The van der Waals surface area contributed by atoms with E-state index in [1.54, 1.807) is 0 Å². The number of nitrogens with one attached hydrogen (secondary N) is 1. The predicted molar refractivity (Wildman–Crippen MR) is 70.4 cm³/mol. The zero-order valence-corrected chi connectivity index (χ0v) is 12.1. The summed E-state index contributed by atoms with van der Waals surface area (Å²) in [5, 5.41) is 20.0. The Labute approximate surface area is 117 Å². The van der Waals surface area contributed by atoms with E-state index in [9.17, 15) is 18.0 Å². The van der Waals surface area contributed by atoms with Crippen LogP contribution >= 0.6 is 0 Å². The summed E-state index contributed by atoms with van der Waals surface area (Å²) in [5.74, 6) is -1.99. The van der Waals surface area contributed by atoms with E-state index in [0.29, 0.717) is 12.8 Å². The molecule has 1 heterocycles. The average molecular weight is 308 g/mol. The van der Waals surface area contributed by atoms with Gasteiger partial charge in [-0.05, 0) is 12.8 Å². The maximum atomic E-state index is 11.9. The van der Waals surface area contributed by atoms with Gasteiger partial charge in [0.05, 0.1) is 6.26 Å². The lowest BCUT2D eigenvalue weighted by molar-refractivity contribution is -0.143. The standard InChI is InChI=1S/C11H20N2O6S/c1-20(18,19)13-5-2-8(3-6-13)10(15)12-9(4-7-14)11(16)17/h8-9,14H,2-7H2,1H3,(H,12,15)(H,16,17)/t9-/m0/s1. The zero-order chi connectivity index (χ0) is 15.3. The molecule has 1 atom stereocenters. The fraction of sp³-hybridized carbons (Fsp3) is 0.818. The van der Waals surface area contributed by atoms with Crippen LogP contribution in [0.2, 0.25) is 0 Å². The van der Waals surface area contributed by atoms with E-state index in [1.807, 2.05) is 0 Å². The molecule has 1 saturated heterocycles. The van der Waals surface area contributed by atoms with E-state index >= 15 is 0 Å². The Kier molecular flexibility index (Phi) is 5.90. The molecule has 3 N–H and O–H groups in total. The number of hydrogen-bond donors (Lipinski definition) is 3. The smallest absolute Gasteiger partial charge is 0.326 e. The average Bonchev–Trinajstić information content (AvgIpc) is 2.37. The Morgan fingerprint density at radius 3 is 2.30 bits per heavy atom. The highest BCUT2D eigenvalue weighted by molar-refractivity contribution is 7.88. The molecule has 8 nitrogen and oxygen atoms in total. The van der Waals surface area contributed by atoms with E-state index in [0.717, 1.165) is 6.26 Å². The molecule has 0 aromatic heterocycles. The second kappa shape index (κ2) is 7.00. The molecule has 1 amide bonds. The highest BCUT2D eigenvalue weighted by Crippen LogP contribution is 2.19. The lowest BCUT2D eigenvalue weighted by Crippen LogP contribution is -2.47. The van der Waals surface area contributed by atoms with Crippen molar-refractivity contribution in [1.29, 1.82) is 0 Å². The van der Waals surface area contributed by atoms with Gasteiger partial charge < -0.3 is 15.5 Å². The number of carboxylic acid groups (broad SMARTS) is 1. The van der Waals surface area contributed by atoms with Crippen molar-refractivity contribution in [2.45, 2.75) is 25.3 Å². The molecule has 0 radical (unpaired) electrons. The zero-order valence-electron chi connectivity index (χ0n) is 11.3. The highest BCUT2D eigenvalue weighted by Gasteiger charge is 2.30. The summed E-state index contributed by atoms with van der Waals surface area (Å²) in [7, 11) is -3.25. The summed E-state index contributed by atoms with van der Waals surface area (Å²) in [6.45, 7) is 0.188. The number of hydrogen-bond acceptors (Lipinski definition) is 5. The topological polar surface area (TPSA) is 124 Å². The Morgan fingerprint density at radius 1 is 1.35 bits per heavy atom. The fourth-order valence-corrected chi connectivity index (χ4v) is 3.00. The van der Waals surface area contributed by atoms with Crippen LogP contribution in [-0.2, 0) is 19.6 Å². The number of rotatable bonds is 6. The highest BCUT2D eigenvalue weighted by atomic mass is 32.2. The van der Waals surface area contributed by atoms with Crippen LogP contribution in [0.4, 0.5) is 0 Å². The molecule has 0 aliphatic carbocycles. The molecule has 0 aromatic carbocycles. The number of carboxylic acids is 1. The third-order valence-electron chi connectivity index (χ3n) is 3.33. The molecule has 9 heteroatoms. The SMILES string of the molecule is CS(=O)(=O)N1CCC(C(=O)N[C@@H](CCO)C(=O)O)CC1. The summed E-state index contributed by atoms with van der Waals surface area (Å²) < 4.78 is 24.0. The number of aliphatic hydroxyl groups is 1. The van der Waals surface area contributed by atoms with E-state index in [2.05, 4.69) is 5.32 Å². The molecular weight excluding hydrogens is 288 g/mol. The summed E-state index contributed by atoms with van der Waals surface area (Å²) in [6, 6.07) is -1.11. The summed E-state index contributed by atoms with van der Waals surface area (Å²) in [5.41, 5.74) is 0. The molecule has 0 unspecified atom stereocenters. The summed E-state index contributed by atoms with van der Waals surface area (Å²) >= 11 is 0. The van der Waals surface area contributed by atoms with Gasteiger partial charge in [0.25, 0.3) is 0 Å². The lowest BCUT2D eigenvalue weighted by atomic mass is 9.96. The van der Waals surface area contributed by atoms with Crippen LogP contribution in [0, 0.1) is 5.92 Å². The molecule has 0 saturated carbocycles. The van der Waals surface area contributed by atoms with Gasteiger partial charge in [-0.3, -0.25) is 4.79 Å². The maximum Gasteiger partial charge on any atom is 0.326 e. The second-order valence-corrected chi connectivity index (χ2v) is 6.83. The van der Waals surface area contributed by atoms with Crippen molar-refractivity contribution in [2.75, 3.05) is 26.0 Å². The molecule has 1 aliphatic rings. The van der Waals surface area contributed by atoms with Crippen LogP contribution < -0.4 is 5.32 Å². The van der Waals surface area contributed by atoms with Gasteiger partial charge in [0.1, 0.15) is 6.04 Å². The van der Waals surface area contributed by atoms with Crippen LogP contribution in [0.15, 0.2) is 0 Å². The molecule has 1 rings (SSSR count). The monoisotopic (exact) mass is 308 g/mol. The molecule has 20 heavy (non-hydrogen) atoms. The molecule has 0 bridgehead atoms. The quantitative estimate of drug-likeness (QED) is 0.555. The fourth-order valence-electron chi connectivity index (χ4n) is 2.13. The van der Waals surface area contributed by atoms with Crippen LogP contribution in [0.3, 0.4) is 0 Å². The second-order valence-electron chi connectivity index (χ2n) is 4.85. The third kappa shape index (κ3) is 4.73. The van der Waals surface area contributed by atoms with Gasteiger partial charge in [-0.15, -0.1) is 0 Å². The van der Waals surface area contributed by atoms with E-state index in [1.165, 1.54) is 4.31 Å². The molecule has 0 aromatic rings. The first-order chi connectivity index (χ1) is 9.25. The normalized spacial score (nSPS) is 19.5. The Morgan fingerprint density at radius 2 is 1.90 bits per heavy atom. The van der Waals surface area contributed by atoms with Crippen LogP contribution in [0.5, 0.6) is 0 Å². The molecular formula is C11H20N2O6S. The van der Waals surface area contributed by atoms with Gasteiger partial charge in [-0.1, -0.05) is 0 Å². The van der Waals surface area contributed by atoms with Crippen molar-refractivity contribution >= 4 is 21.9 Å². The van der Waals surface area contributed by atoms with Crippen LogP contribution in [0.25, 0.3) is 0 Å². The summed E-state index contributed by atoms with van der Waals surface area (Å²) in [6.07, 6.45) is 1.80. The number of amides is 1. The van der Waals surface area contributed by atoms with Gasteiger partial charge in [-0.25, -0.2) is 17.5 Å². The number of sulfonamides is 1. The number of aliphatic carboxylic acids is 1. The molecule has 1 aliphatic heterocycles. The minimum Gasteiger partial charge on any atom is -0.480 e. The summed E-state index contributed by atoms with van der Waals surface area (Å²) in [4.78, 5) is 22.8. The molecule has 1 fully saturated rings.